The molecule has 1 fully saturated rings. The number of aromatic nitrogens is 1. The third-order valence-corrected chi connectivity index (χ3v) is 5.57. The van der Waals surface area contributed by atoms with Gasteiger partial charge in [0.25, 0.3) is 0 Å². The van der Waals surface area contributed by atoms with Gasteiger partial charge in [-0.3, -0.25) is 0 Å². The maximum atomic E-state index is 12.6. The van der Waals surface area contributed by atoms with Crippen molar-refractivity contribution in [3.05, 3.63) is 18.3 Å². The smallest absolute Gasteiger partial charge is 0.241 e. The van der Waals surface area contributed by atoms with Crippen molar-refractivity contribution in [2.75, 3.05) is 11.9 Å². The minimum atomic E-state index is -3.50. The van der Waals surface area contributed by atoms with E-state index in [-0.39, 0.29) is 10.4 Å². The quantitative estimate of drug-likeness (QED) is 0.847. The third-order valence-electron chi connectivity index (χ3n) is 3.94. The summed E-state index contributed by atoms with van der Waals surface area (Å²) >= 11 is 0. The van der Waals surface area contributed by atoms with Crippen molar-refractivity contribution >= 4 is 15.8 Å². The number of nitrogens with zero attached hydrogens (tertiary/aromatic N) is 1. The molecule has 1 aromatic heterocycles. The van der Waals surface area contributed by atoms with Crippen LogP contribution in [0.4, 0.5) is 5.82 Å². The summed E-state index contributed by atoms with van der Waals surface area (Å²) in [5.74, 6) is 0.605. The van der Waals surface area contributed by atoms with E-state index in [1.807, 2.05) is 6.92 Å². The molecule has 1 aliphatic carbocycles. The second-order valence-corrected chi connectivity index (χ2v) is 7.71. The van der Waals surface area contributed by atoms with E-state index in [2.05, 4.69) is 21.9 Å². The van der Waals surface area contributed by atoms with Gasteiger partial charge in [-0.05, 0) is 32.3 Å². The van der Waals surface area contributed by atoms with Crippen LogP contribution in [0, 0.1) is 0 Å². The molecule has 0 unspecified atom stereocenters. The lowest BCUT2D eigenvalue weighted by molar-refractivity contribution is 0.294. The van der Waals surface area contributed by atoms with Gasteiger partial charge in [-0.25, -0.2) is 18.1 Å². The van der Waals surface area contributed by atoms with Crippen molar-refractivity contribution in [2.45, 2.75) is 62.8 Å². The summed E-state index contributed by atoms with van der Waals surface area (Å²) in [6.07, 6.45) is 7.66. The monoisotopic (exact) mass is 311 g/mol. The molecule has 0 atom stereocenters. The fraction of sp³-hybridized carbons (Fsp3) is 0.667. The second-order valence-electron chi connectivity index (χ2n) is 6.03. The normalized spacial score (nSPS) is 18.4. The fourth-order valence-electron chi connectivity index (χ4n) is 2.75. The summed E-state index contributed by atoms with van der Waals surface area (Å²) in [7, 11) is -3.50. The lowest BCUT2D eigenvalue weighted by atomic mass is 9.84. The highest BCUT2D eigenvalue weighted by atomic mass is 32.2. The molecule has 0 amide bonds. The lowest BCUT2D eigenvalue weighted by Gasteiger charge is -2.34. The molecule has 6 heteroatoms. The molecule has 118 valence electrons. The number of hydrogen-bond donors (Lipinski definition) is 2. The first-order chi connectivity index (χ1) is 9.95. The Labute approximate surface area is 127 Å². The third kappa shape index (κ3) is 4.41. The van der Waals surface area contributed by atoms with Crippen LogP contribution in [0.25, 0.3) is 0 Å². The summed E-state index contributed by atoms with van der Waals surface area (Å²) in [4.78, 5) is 4.43. The van der Waals surface area contributed by atoms with Crippen LogP contribution in [0.15, 0.2) is 23.2 Å². The molecule has 0 saturated heterocycles. The van der Waals surface area contributed by atoms with Gasteiger partial charge in [0.05, 0.1) is 4.90 Å². The van der Waals surface area contributed by atoms with Crippen LogP contribution >= 0.6 is 0 Å². The standard InChI is InChI=1S/C15H25N3O2S/c1-3-10-16-14-12-13(7-11-17-14)21(19,20)18-15(2)8-5-4-6-9-15/h7,11-12,18H,3-6,8-10H2,1-2H3,(H,16,17). The molecule has 1 heterocycles. The van der Waals surface area contributed by atoms with Crippen LogP contribution in [0.5, 0.6) is 0 Å². The average molecular weight is 311 g/mol. The van der Waals surface area contributed by atoms with Gasteiger partial charge in [0, 0.05) is 24.3 Å². The van der Waals surface area contributed by atoms with Gasteiger partial charge in [0.1, 0.15) is 5.82 Å². The maximum absolute atomic E-state index is 12.6. The predicted molar refractivity (Wildman–Crippen MR) is 84.8 cm³/mol. The lowest BCUT2D eigenvalue weighted by Crippen LogP contribution is -2.47. The molecule has 0 radical (unpaired) electrons. The van der Waals surface area contributed by atoms with Crippen LogP contribution in [0.3, 0.4) is 0 Å². The van der Waals surface area contributed by atoms with E-state index in [0.717, 1.165) is 38.6 Å². The first-order valence-corrected chi connectivity index (χ1v) is 9.17. The first-order valence-electron chi connectivity index (χ1n) is 7.69. The Balaban J connectivity index is 2.15. The summed E-state index contributed by atoms with van der Waals surface area (Å²) in [6.45, 7) is 4.84. The summed E-state index contributed by atoms with van der Waals surface area (Å²) in [6, 6.07) is 3.15. The van der Waals surface area contributed by atoms with Crippen molar-refractivity contribution in [3.63, 3.8) is 0 Å². The molecule has 1 aliphatic rings. The van der Waals surface area contributed by atoms with Crippen molar-refractivity contribution < 1.29 is 8.42 Å². The summed E-state index contributed by atoms with van der Waals surface area (Å²) in [5.41, 5.74) is -0.322. The van der Waals surface area contributed by atoms with Crippen LogP contribution < -0.4 is 10.0 Å². The topological polar surface area (TPSA) is 71.1 Å². The Kier molecular flexibility index (Phi) is 5.22. The van der Waals surface area contributed by atoms with Crippen LogP contribution in [0.1, 0.15) is 52.4 Å². The number of nitrogens with one attached hydrogen (secondary N) is 2. The first kappa shape index (κ1) is 16.2. The molecule has 2 N–H and O–H groups in total. The molecule has 5 nitrogen and oxygen atoms in total. The van der Waals surface area contributed by atoms with Gasteiger partial charge in [-0.15, -0.1) is 0 Å². The SMILES string of the molecule is CCCNc1cc(S(=O)(=O)NC2(C)CCCCC2)ccn1. The highest BCUT2D eigenvalue weighted by Crippen LogP contribution is 2.29. The van der Waals surface area contributed by atoms with Crippen molar-refractivity contribution in [1.82, 2.24) is 9.71 Å². The zero-order valence-electron chi connectivity index (χ0n) is 12.9. The van der Waals surface area contributed by atoms with Gasteiger partial charge >= 0.3 is 0 Å². The van der Waals surface area contributed by atoms with E-state index < -0.39 is 10.0 Å². The molecule has 21 heavy (non-hydrogen) atoms. The molecule has 0 spiro atoms. The van der Waals surface area contributed by atoms with E-state index >= 15 is 0 Å². The minimum Gasteiger partial charge on any atom is -0.370 e. The second kappa shape index (κ2) is 6.75. The number of hydrogen-bond acceptors (Lipinski definition) is 4. The molecule has 1 aromatic rings. The van der Waals surface area contributed by atoms with Crippen LogP contribution in [-0.4, -0.2) is 25.5 Å². The van der Waals surface area contributed by atoms with Gasteiger partial charge in [0.2, 0.25) is 10.0 Å². The average Bonchev–Trinajstić information content (AvgIpc) is 2.45. The van der Waals surface area contributed by atoms with E-state index in [0.29, 0.717) is 5.82 Å². The summed E-state index contributed by atoms with van der Waals surface area (Å²) in [5, 5.41) is 3.12. The van der Waals surface area contributed by atoms with Crippen LogP contribution in [0.2, 0.25) is 0 Å². The predicted octanol–water partition coefficient (Wildman–Crippen LogP) is 2.90. The van der Waals surface area contributed by atoms with Gasteiger partial charge < -0.3 is 5.32 Å². The molecule has 1 saturated carbocycles. The largest absolute Gasteiger partial charge is 0.370 e. The van der Waals surface area contributed by atoms with E-state index in [1.54, 1.807) is 12.1 Å². The Bertz CT molecular complexity index is 566. The van der Waals surface area contributed by atoms with Gasteiger partial charge in [-0.2, -0.15) is 0 Å². The summed E-state index contributed by atoms with van der Waals surface area (Å²) < 4.78 is 28.0. The van der Waals surface area contributed by atoms with Crippen molar-refractivity contribution in [3.8, 4) is 0 Å². The Hall–Kier alpha value is -1.14. The number of pyridine rings is 1. The Morgan fingerprint density at radius 3 is 2.67 bits per heavy atom. The molecular weight excluding hydrogens is 286 g/mol. The van der Waals surface area contributed by atoms with Crippen LogP contribution in [-0.2, 0) is 10.0 Å². The molecule has 2 rings (SSSR count). The van der Waals surface area contributed by atoms with Crippen molar-refractivity contribution in [2.24, 2.45) is 0 Å². The Morgan fingerprint density at radius 1 is 1.29 bits per heavy atom. The van der Waals surface area contributed by atoms with E-state index in [4.69, 9.17) is 0 Å². The Morgan fingerprint density at radius 2 is 2.00 bits per heavy atom. The zero-order valence-corrected chi connectivity index (χ0v) is 13.7. The highest BCUT2D eigenvalue weighted by molar-refractivity contribution is 7.89. The van der Waals surface area contributed by atoms with Crippen molar-refractivity contribution in [1.29, 1.82) is 0 Å². The number of sulfonamides is 1. The molecule has 0 aromatic carbocycles. The van der Waals surface area contributed by atoms with Gasteiger partial charge in [0.15, 0.2) is 0 Å². The minimum absolute atomic E-state index is 0.280. The molecule has 0 aliphatic heterocycles. The molecular formula is C15H25N3O2S. The highest BCUT2D eigenvalue weighted by Gasteiger charge is 2.32. The molecule has 0 bridgehead atoms. The van der Waals surface area contributed by atoms with Gasteiger partial charge in [-0.1, -0.05) is 26.2 Å². The van der Waals surface area contributed by atoms with E-state index in [1.165, 1.54) is 12.6 Å². The maximum Gasteiger partial charge on any atom is 0.241 e. The number of rotatable bonds is 6. The zero-order chi connectivity index (χ0) is 15.3. The van der Waals surface area contributed by atoms with E-state index in [9.17, 15) is 8.42 Å². The fourth-order valence-corrected chi connectivity index (χ4v) is 4.22. The number of anilines is 1.